The highest BCUT2D eigenvalue weighted by atomic mass is 16.4. The molecule has 6 nitrogen and oxygen atoms in total. The van der Waals surface area contributed by atoms with Crippen molar-refractivity contribution >= 4 is 17.8 Å². The first-order chi connectivity index (χ1) is 9.01. The zero-order chi connectivity index (χ0) is 14.7. The number of rotatable bonds is 10. The maximum absolute atomic E-state index is 11.9. The topological polar surface area (TPSA) is 86.7 Å². The summed E-state index contributed by atoms with van der Waals surface area (Å²) in [5, 5.41) is 10.9. The van der Waals surface area contributed by atoms with Crippen LogP contribution in [0.1, 0.15) is 46.0 Å². The molecule has 19 heavy (non-hydrogen) atoms. The lowest BCUT2D eigenvalue weighted by Gasteiger charge is -2.21. The van der Waals surface area contributed by atoms with E-state index >= 15 is 0 Å². The molecule has 0 unspecified atom stereocenters. The number of amides is 2. The number of carboxylic acid groups (broad SMARTS) is 1. The van der Waals surface area contributed by atoms with Gasteiger partial charge in [-0.1, -0.05) is 13.8 Å². The van der Waals surface area contributed by atoms with E-state index in [0.29, 0.717) is 13.1 Å². The van der Waals surface area contributed by atoms with Crippen LogP contribution in [0, 0.1) is 0 Å². The molecule has 2 amide bonds. The van der Waals surface area contributed by atoms with Crippen molar-refractivity contribution < 1.29 is 19.5 Å². The number of carboxylic acids is 1. The minimum atomic E-state index is -0.951. The molecule has 0 aromatic rings. The highest BCUT2D eigenvalue weighted by molar-refractivity contribution is 5.84. The fraction of sp³-hybridized carbons (Fsp3) is 0.769. The fourth-order valence-corrected chi connectivity index (χ4v) is 1.68. The predicted octanol–water partition coefficient (Wildman–Crippen LogP) is 1.01. The Balaban J connectivity index is 3.91. The lowest BCUT2D eigenvalue weighted by molar-refractivity contribution is -0.137. The first-order valence-corrected chi connectivity index (χ1v) is 6.77. The Bertz CT molecular complexity index is 299. The summed E-state index contributed by atoms with van der Waals surface area (Å²) in [7, 11) is 0. The molecule has 6 heteroatoms. The van der Waals surface area contributed by atoms with Crippen LogP contribution >= 0.6 is 0 Å². The summed E-state index contributed by atoms with van der Waals surface area (Å²) in [6.07, 6.45) is 1.99. The van der Waals surface area contributed by atoms with Crippen LogP contribution in [0.15, 0.2) is 0 Å². The van der Waals surface area contributed by atoms with Crippen molar-refractivity contribution in [3.05, 3.63) is 0 Å². The summed E-state index contributed by atoms with van der Waals surface area (Å²) in [5.74, 6) is -1.24. The van der Waals surface area contributed by atoms with Gasteiger partial charge in [0.15, 0.2) is 0 Å². The smallest absolute Gasteiger partial charge is 0.305 e. The third-order valence-electron chi connectivity index (χ3n) is 2.57. The van der Waals surface area contributed by atoms with E-state index in [-0.39, 0.29) is 37.6 Å². The number of hydrogen-bond donors (Lipinski definition) is 2. The Morgan fingerprint density at radius 3 is 2.05 bits per heavy atom. The van der Waals surface area contributed by atoms with Crippen LogP contribution in [0.3, 0.4) is 0 Å². The highest BCUT2D eigenvalue weighted by Gasteiger charge is 2.13. The standard InChI is InChI=1S/C13H24N2O4/c1-3-9-15(10-4-2)12(17)6-5-11(16)14-8-7-13(18)19/h3-10H2,1-2H3,(H,14,16)(H,18,19). The van der Waals surface area contributed by atoms with Crippen molar-refractivity contribution in [2.45, 2.75) is 46.0 Å². The normalized spacial score (nSPS) is 10.0. The van der Waals surface area contributed by atoms with Gasteiger partial charge in [0.2, 0.25) is 11.8 Å². The molecule has 0 saturated heterocycles. The van der Waals surface area contributed by atoms with Crippen molar-refractivity contribution in [2.75, 3.05) is 19.6 Å². The predicted molar refractivity (Wildman–Crippen MR) is 71.7 cm³/mol. The molecule has 0 aromatic carbocycles. The quantitative estimate of drug-likeness (QED) is 0.621. The summed E-state index contributed by atoms with van der Waals surface area (Å²) in [4.78, 5) is 35.3. The van der Waals surface area contributed by atoms with Crippen molar-refractivity contribution in [3.63, 3.8) is 0 Å². The number of nitrogens with one attached hydrogen (secondary N) is 1. The van der Waals surface area contributed by atoms with Gasteiger partial charge in [-0.05, 0) is 12.8 Å². The first kappa shape index (κ1) is 17.4. The molecule has 0 bridgehead atoms. The van der Waals surface area contributed by atoms with E-state index in [9.17, 15) is 14.4 Å². The van der Waals surface area contributed by atoms with E-state index in [0.717, 1.165) is 12.8 Å². The van der Waals surface area contributed by atoms with Crippen molar-refractivity contribution in [1.82, 2.24) is 10.2 Å². The van der Waals surface area contributed by atoms with Crippen LogP contribution in [0.25, 0.3) is 0 Å². The second kappa shape index (κ2) is 10.3. The monoisotopic (exact) mass is 272 g/mol. The highest BCUT2D eigenvalue weighted by Crippen LogP contribution is 2.01. The molecule has 110 valence electrons. The molecule has 0 heterocycles. The van der Waals surface area contributed by atoms with Gasteiger partial charge in [0.1, 0.15) is 0 Å². The maximum atomic E-state index is 11.9. The number of nitrogens with zero attached hydrogens (tertiary/aromatic N) is 1. The summed E-state index contributed by atoms with van der Waals surface area (Å²) in [5.41, 5.74) is 0. The Labute approximate surface area is 114 Å². The molecule has 0 aliphatic rings. The molecule has 0 spiro atoms. The van der Waals surface area contributed by atoms with Gasteiger partial charge >= 0.3 is 5.97 Å². The second-order valence-electron chi connectivity index (χ2n) is 4.37. The van der Waals surface area contributed by atoms with E-state index in [1.807, 2.05) is 13.8 Å². The van der Waals surface area contributed by atoms with Crippen LogP contribution in [0.2, 0.25) is 0 Å². The van der Waals surface area contributed by atoms with Crippen molar-refractivity contribution in [3.8, 4) is 0 Å². The summed E-state index contributed by atoms with van der Waals surface area (Å²) < 4.78 is 0. The zero-order valence-corrected chi connectivity index (χ0v) is 11.8. The van der Waals surface area contributed by atoms with Crippen molar-refractivity contribution in [1.29, 1.82) is 0 Å². The molecular formula is C13H24N2O4. The maximum Gasteiger partial charge on any atom is 0.305 e. The lowest BCUT2D eigenvalue weighted by atomic mass is 10.2. The van der Waals surface area contributed by atoms with Crippen LogP contribution < -0.4 is 5.32 Å². The van der Waals surface area contributed by atoms with Gasteiger partial charge in [-0.25, -0.2) is 0 Å². The van der Waals surface area contributed by atoms with Gasteiger partial charge in [0.25, 0.3) is 0 Å². The summed E-state index contributed by atoms with van der Waals surface area (Å²) in [6.45, 7) is 5.56. The largest absolute Gasteiger partial charge is 0.481 e. The Morgan fingerprint density at radius 1 is 1.00 bits per heavy atom. The average molecular weight is 272 g/mol. The number of aliphatic carboxylic acids is 1. The van der Waals surface area contributed by atoms with E-state index in [2.05, 4.69) is 5.32 Å². The Hall–Kier alpha value is -1.59. The first-order valence-electron chi connectivity index (χ1n) is 6.77. The number of carbonyl (C=O) groups excluding carboxylic acids is 2. The number of carbonyl (C=O) groups is 3. The van der Waals surface area contributed by atoms with Crippen LogP contribution in [-0.4, -0.2) is 47.4 Å². The van der Waals surface area contributed by atoms with Gasteiger partial charge < -0.3 is 15.3 Å². The zero-order valence-electron chi connectivity index (χ0n) is 11.8. The van der Waals surface area contributed by atoms with Gasteiger partial charge in [-0.3, -0.25) is 14.4 Å². The van der Waals surface area contributed by atoms with Crippen LogP contribution in [-0.2, 0) is 14.4 Å². The molecular weight excluding hydrogens is 248 g/mol. The van der Waals surface area contributed by atoms with Crippen molar-refractivity contribution in [2.24, 2.45) is 0 Å². The van der Waals surface area contributed by atoms with E-state index < -0.39 is 5.97 Å². The lowest BCUT2D eigenvalue weighted by Crippen LogP contribution is -2.34. The van der Waals surface area contributed by atoms with Gasteiger partial charge in [0, 0.05) is 32.5 Å². The Kier molecular flexibility index (Phi) is 9.48. The fourth-order valence-electron chi connectivity index (χ4n) is 1.68. The second-order valence-corrected chi connectivity index (χ2v) is 4.37. The van der Waals surface area contributed by atoms with Gasteiger partial charge in [-0.2, -0.15) is 0 Å². The average Bonchev–Trinajstić information content (AvgIpc) is 2.35. The Morgan fingerprint density at radius 2 is 1.58 bits per heavy atom. The summed E-state index contributed by atoms with van der Waals surface area (Å²) >= 11 is 0. The van der Waals surface area contributed by atoms with E-state index in [1.54, 1.807) is 4.90 Å². The molecule has 0 aliphatic heterocycles. The molecule has 0 radical (unpaired) electrons. The third-order valence-corrected chi connectivity index (χ3v) is 2.57. The molecule has 0 saturated carbocycles. The van der Waals surface area contributed by atoms with Gasteiger partial charge in [-0.15, -0.1) is 0 Å². The molecule has 0 rings (SSSR count). The van der Waals surface area contributed by atoms with Crippen LogP contribution in [0.4, 0.5) is 0 Å². The minimum absolute atomic E-state index is 0.0166. The molecule has 2 N–H and O–H groups in total. The molecule has 0 atom stereocenters. The van der Waals surface area contributed by atoms with Gasteiger partial charge in [0.05, 0.1) is 6.42 Å². The minimum Gasteiger partial charge on any atom is -0.481 e. The number of hydrogen-bond acceptors (Lipinski definition) is 3. The SMILES string of the molecule is CCCN(CCC)C(=O)CCC(=O)NCCC(=O)O. The third kappa shape index (κ3) is 9.04. The molecule has 0 aromatic heterocycles. The van der Waals surface area contributed by atoms with Crippen LogP contribution in [0.5, 0.6) is 0 Å². The van der Waals surface area contributed by atoms with E-state index in [1.165, 1.54) is 0 Å². The van der Waals surface area contributed by atoms with E-state index in [4.69, 9.17) is 5.11 Å². The summed E-state index contributed by atoms with van der Waals surface area (Å²) in [6, 6.07) is 0. The molecule has 0 aliphatic carbocycles. The molecule has 0 fully saturated rings.